The van der Waals surface area contributed by atoms with E-state index in [4.69, 9.17) is 0 Å². The number of imide groups is 1. The summed E-state index contributed by atoms with van der Waals surface area (Å²) < 4.78 is 1.37. The molecule has 2 aromatic carbocycles. The van der Waals surface area contributed by atoms with Crippen LogP contribution in [0.5, 0.6) is 0 Å². The van der Waals surface area contributed by atoms with Gasteiger partial charge in [-0.25, -0.2) is 4.90 Å². The van der Waals surface area contributed by atoms with Crippen LogP contribution in [0.3, 0.4) is 0 Å². The number of thioether (sulfide) groups is 1. The summed E-state index contributed by atoms with van der Waals surface area (Å²) in [6.45, 7) is 1.70. The molecule has 4 heterocycles. The van der Waals surface area contributed by atoms with E-state index >= 15 is 0 Å². The Morgan fingerprint density at radius 1 is 1.02 bits per heavy atom. The Balaban J connectivity index is 1.36. The van der Waals surface area contributed by atoms with E-state index in [1.807, 2.05) is 36.6 Å². The van der Waals surface area contributed by atoms with Crippen molar-refractivity contribution in [2.75, 3.05) is 10.2 Å². The van der Waals surface area contributed by atoms with Crippen LogP contribution in [0.4, 0.5) is 17.1 Å². The fourth-order valence-corrected chi connectivity index (χ4v) is 8.71. The minimum atomic E-state index is -0.831. The van der Waals surface area contributed by atoms with Crippen LogP contribution in [0.15, 0.2) is 75.9 Å². The van der Waals surface area contributed by atoms with Crippen LogP contribution in [0, 0.1) is 23.0 Å². The lowest BCUT2D eigenvalue weighted by Gasteiger charge is -2.29. The summed E-state index contributed by atoms with van der Waals surface area (Å²) in [5.74, 6) is -2.59. The van der Waals surface area contributed by atoms with Crippen molar-refractivity contribution in [3.63, 3.8) is 0 Å². The second-order valence-electron chi connectivity index (χ2n) is 9.38. The Morgan fingerprint density at radius 3 is 2.40 bits per heavy atom. The smallest absolute Gasteiger partial charge is 0.308 e. The third-order valence-electron chi connectivity index (χ3n) is 6.85. The number of aromatic nitrogens is 1. The van der Waals surface area contributed by atoms with Gasteiger partial charge >= 0.3 is 4.87 Å². The lowest BCUT2D eigenvalue weighted by molar-refractivity contribution is -0.384. The SMILES string of the molecule is Cc1ccc(NC(=O)Cn2c3c(sc2=O)C(c2cccs2)C2C(=O)N(c4ccc([N+](=O)[O-])cc4)C(=O)C2S3)cc1. The molecular formula is C27H20N4O6S3. The highest BCUT2D eigenvalue weighted by molar-refractivity contribution is 8.00. The van der Waals surface area contributed by atoms with Crippen molar-refractivity contribution < 1.29 is 19.3 Å². The van der Waals surface area contributed by atoms with Crippen molar-refractivity contribution in [3.05, 3.63) is 101 Å². The minimum Gasteiger partial charge on any atom is -0.325 e. The van der Waals surface area contributed by atoms with Crippen LogP contribution in [0.2, 0.25) is 0 Å². The molecule has 6 rings (SSSR count). The number of nitro benzene ring substituents is 1. The largest absolute Gasteiger partial charge is 0.325 e. The standard InChI is InChI=1S/C27H20N4O6S3/c1-14-4-6-15(7-5-14)28-19(32)13-29-26-23(40-27(29)35)20(18-3-2-12-38-18)21-22(39-26)25(34)30(24(21)33)16-8-10-17(11-9-16)31(36)37/h2-12,20-22H,13H2,1H3,(H,28,32). The van der Waals surface area contributed by atoms with Gasteiger partial charge in [-0.05, 0) is 42.6 Å². The van der Waals surface area contributed by atoms with E-state index in [0.717, 1.165) is 38.4 Å². The highest BCUT2D eigenvalue weighted by Gasteiger charge is 2.57. The topological polar surface area (TPSA) is 132 Å². The normalized spacial score (nSPS) is 19.8. The van der Waals surface area contributed by atoms with Gasteiger partial charge in [0.1, 0.15) is 11.8 Å². The molecule has 1 N–H and O–H groups in total. The van der Waals surface area contributed by atoms with Gasteiger partial charge in [0.15, 0.2) is 0 Å². The van der Waals surface area contributed by atoms with Crippen molar-refractivity contribution in [1.82, 2.24) is 4.57 Å². The van der Waals surface area contributed by atoms with Crippen molar-refractivity contribution in [2.24, 2.45) is 5.92 Å². The maximum atomic E-state index is 13.8. The number of rotatable bonds is 6. The Bertz CT molecular complexity index is 1710. The van der Waals surface area contributed by atoms with Gasteiger partial charge in [0.05, 0.1) is 21.6 Å². The van der Waals surface area contributed by atoms with Crippen molar-refractivity contribution in [1.29, 1.82) is 0 Å². The molecule has 1 fully saturated rings. The fraction of sp³-hybridized carbons (Fsp3) is 0.185. The fourth-order valence-electron chi connectivity index (χ4n) is 4.99. The van der Waals surface area contributed by atoms with Gasteiger partial charge in [-0.15, -0.1) is 11.3 Å². The zero-order valence-corrected chi connectivity index (χ0v) is 23.3. The number of benzene rings is 2. The maximum absolute atomic E-state index is 13.8. The zero-order valence-electron chi connectivity index (χ0n) is 20.8. The summed E-state index contributed by atoms with van der Waals surface area (Å²) >= 11 is 3.54. The van der Waals surface area contributed by atoms with E-state index < -0.39 is 33.8 Å². The molecule has 3 atom stereocenters. The summed E-state index contributed by atoms with van der Waals surface area (Å²) in [6.07, 6.45) is 0. The molecule has 13 heteroatoms. The average Bonchev–Trinajstić information content (AvgIpc) is 3.63. The summed E-state index contributed by atoms with van der Waals surface area (Å²) in [7, 11) is 0. The number of carbonyl (C=O) groups excluding carboxylic acids is 3. The number of nitrogens with zero attached hydrogens (tertiary/aromatic N) is 3. The van der Waals surface area contributed by atoms with Crippen molar-refractivity contribution in [2.45, 2.75) is 29.7 Å². The third-order valence-corrected chi connectivity index (χ3v) is 10.4. The van der Waals surface area contributed by atoms with Gasteiger partial charge in [-0.2, -0.15) is 0 Å². The maximum Gasteiger partial charge on any atom is 0.308 e. The first-order chi connectivity index (χ1) is 19.2. The number of nitrogens with one attached hydrogen (secondary N) is 1. The molecule has 10 nitrogen and oxygen atoms in total. The second-order valence-corrected chi connectivity index (χ2v) is 12.5. The van der Waals surface area contributed by atoms with Gasteiger partial charge in [0.2, 0.25) is 17.7 Å². The van der Waals surface area contributed by atoms with Crippen LogP contribution >= 0.6 is 34.4 Å². The van der Waals surface area contributed by atoms with E-state index in [0.29, 0.717) is 15.6 Å². The molecule has 0 saturated carbocycles. The molecule has 0 spiro atoms. The Morgan fingerprint density at radius 2 is 1.75 bits per heavy atom. The molecule has 3 amide bonds. The summed E-state index contributed by atoms with van der Waals surface area (Å²) in [5, 5.41) is 15.4. The first kappa shape index (κ1) is 26.2. The number of fused-ring (bicyclic) bond motifs is 2. The Kier molecular flexibility index (Phi) is 6.64. The molecule has 0 radical (unpaired) electrons. The summed E-state index contributed by atoms with van der Waals surface area (Å²) in [5.41, 5.74) is 1.75. The Labute approximate surface area is 239 Å². The monoisotopic (exact) mass is 592 g/mol. The summed E-state index contributed by atoms with van der Waals surface area (Å²) in [6, 6.07) is 16.3. The number of carbonyl (C=O) groups is 3. The molecule has 202 valence electrons. The van der Waals surface area contributed by atoms with Crippen LogP contribution in [-0.4, -0.2) is 32.5 Å². The quantitative estimate of drug-likeness (QED) is 0.196. The van der Waals surface area contributed by atoms with Gasteiger partial charge < -0.3 is 5.32 Å². The van der Waals surface area contributed by atoms with Crippen molar-refractivity contribution >= 4 is 69.2 Å². The number of nitro groups is 1. The van der Waals surface area contributed by atoms with Crippen molar-refractivity contribution in [3.8, 4) is 0 Å². The van der Waals surface area contributed by atoms with E-state index in [2.05, 4.69) is 5.32 Å². The van der Waals surface area contributed by atoms with E-state index in [1.165, 1.54) is 40.2 Å². The lowest BCUT2D eigenvalue weighted by Crippen LogP contribution is -2.32. The third kappa shape index (κ3) is 4.45. The molecule has 2 aliphatic rings. The highest BCUT2D eigenvalue weighted by atomic mass is 32.2. The molecule has 0 bridgehead atoms. The number of anilines is 2. The first-order valence-electron chi connectivity index (χ1n) is 12.2. The minimum absolute atomic E-state index is 0.152. The molecule has 2 aliphatic heterocycles. The van der Waals surface area contributed by atoms with Gasteiger partial charge in [0.25, 0.3) is 5.69 Å². The van der Waals surface area contributed by atoms with Crippen LogP contribution in [-0.2, 0) is 20.9 Å². The average molecular weight is 593 g/mol. The highest BCUT2D eigenvalue weighted by Crippen LogP contribution is 2.54. The number of amides is 3. The molecule has 3 unspecified atom stereocenters. The summed E-state index contributed by atoms with van der Waals surface area (Å²) in [4.78, 5) is 66.3. The van der Waals surface area contributed by atoms with E-state index in [1.54, 1.807) is 12.1 Å². The molecule has 0 aliphatic carbocycles. The van der Waals surface area contributed by atoms with Crippen LogP contribution in [0.25, 0.3) is 0 Å². The molecule has 2 aromatic heterocycles. The van der Waals surface area contributed by atoms with Gasteiger partial charge in [-0.3, -0.25) is 33.9 Å². The van der Waals surface area contributed by atoms with Crippen LogP contribution in [0.1, 0.15) is 21.2 Å². The number of hydrogen-bond acceptors (Lipinski definition) is 9. The second kappa shape index (κ2) is 10.2. The number of thiazole rings is 1. The Hall–Kier alpha value is -4.07. The number of aryl methyl sites for hydroxylation is 1. The molecule has 40 heavy (non-hydrogen) atoms. The molecule has 4 aromatic rings. The molecule has 1 saturated heterocycles. The predicted molar refractivity (Wildman–Crippen MR) is 153 cm³/mol. The number of thiophene rings is 1. The lowest BCUT2D eigenvalue weighted by atomic mass is 9.87. The number of non-ortho nitro benzene ring substituents is 1. The van der Waals surface area contributed by atoms with Gasteiger partial charge in [0, 0.05) is 33.5 Å². The first-order valence-corrected chi connectivity index (χ1v) is 14.7. The number of hydrogen-bond donors (Lipinski definition) is 1. The van der Waals surface area contributed by atoms with Gasteiger partial charge in [-0.1, -0.05) is 46.9 Å². The van der Waals surface area contributed by atoms with E-state index in [9.17, 15) is 29.3 Å². The van der Waals surface area contributed by atoms with E-state index in [-0.39, 0.29) is 28.7 Å². The molecular weight excluding hydrogens is 573 g/mol. The van der Waals surface area contributed by atoms with Crippen LogP contribution < -0.4 is 15.1 Å². The predicted octanol–water partition coefficient (Wildman–Crippen LogP) is 4.62. The zero-order chi connectivity index (χ0) is 28.1.